The van der Waals surface area contributed by atoms with Gasteiger partial charge < -0.3 is 9.38 Å². The van der Waals surface area contributed by atoms with Gasteiger partial charge in [0.05, 0.1) is 16.6 Å². The summed E-state index contributed by atoms with van der Waals surface area (Å²) >= 11 is 0. The summed E-state index contributed by atoms with van der Waals surface area (Å²) in [7, 11) is 0. The number of nitrogens with one attached hydrogen (secondary N) is 1. The molecule has 0 bridgehead atoms. The highest BCUT2D eigenvalue weighted by atomic mass is 14.9. The fourth-order valence-corrected chi connectivity index (χ4v) is 5.07. The average molecular weight is 358 g/mol. The summed E-state index contributed by atoms with van der Waals surface area (Å²) in [6.45, 7) is 0. The quantitative estimate of drug-likeness (QED) is 0.359. The molecule has 1 N–H and O–H groups in total. The van der Waals surface area contributed by atoms with Crippen molar-refractivity contribution < 1.29 is 0 Å². The van der Waals surface area contributed by atoms with Gasteiger partial charge in [-0.3, -0.25) is 0 Å². The van der Waals surface area contributed by atoms with E-state index in [1.165, 1.54) is 59.6 Å². The number of aromatic amines is 1. The van der Waals surface area contributed by atoms with E-state index in [1.807, 2.05) is 0 Å². The third-order valence-corrected chi connectivity index (χ3v) is 6.29. The van der Waals surface area contributed by atoms with Gasteiger partial charge in [0, 0.05) is 37.6 Å². The third kappa shape index (κ3) is 1.73. The second kappa shape index (κ2) is 5.05. The summed E-state index contributed by atoms with van der Waals surface area (Å²) in [5, 5.41) is 9.19. The number of fused-ring (bicyclic) bond motifs is 11. The van der Waals surface area contributed by atoms with Crippen molar-refractivity contribution in [3.05, 3.63) is 77.3 Å². The third-order valence-electron chi connectivity index (χ3n) is 6.29. The van der Waals surface area contributed by atoms with Crippen LogP contribution in [0.1, 0.15) is 12.8 Å². The molecule has 3 aromatic heterocycles. The molecule has 1 aliphatic carbocycles. The molecule has 0 unspecified atom stereocenters. The first kappa shape index (κ1) is 14.5. The van der Waals surface area contributed by atoms with Gasteiger partial charge in [-0.2, -0.15) is 0 Å². The van der Waals surface area contributed by atoms with Crippen LogP contribution in [-0.2, 0) is 0 Å². The zero-order valence-corrected chi connectivity index (χ0v) is 15.4. The largest absolute Gasteiger partial charge is 0.355 e. The van der Waals surface area contributed by atoms with Gasteiger partial charge in [-0.25, -0.2) is 0 Å². The van der Waals surface area contributed by atoms with Crippen molar-refractivity contribution in [3.8, 4) is 0 Å². The van der Waals surface area contributed by atoms with Crippen LogP contribution < -0.4 is 10.6 Å². The lowest BCUT2D eigenvalue weighted by Gasteiger charge is -2.09. The predicted molar refractivity (Wildman–Crippen MR) is 119 cm³/mol. The molecular formula is C26H18N2. The Morgan fingerprint density at radius 3 is 2.29 bits per heavy atom. The zero-order chi connectivity index (χ0) is 18.2. The van der Waals surface area contributed by atoms with Crippen molar-refractivity contribution in [1.29, 1.82) is 0 Å². The van der Waals surface area contributed by atoms with Crippen molar-refractivity contribution in [2.24, 2.45) is 0 Å². The van der Waals surface area contributed by atoms with Gasteiger partial charge in [0.1, 0.15) is 0 Å². The maximum Gasteiger partial charge on any atom is 0.0547 e. The molecule has 0 fully saturated rings. The second-order valence-electron chi connectivity index (χ2n) is 7.82. The summed E-state index contributed by atoms with van der Waals surface area (Å²) in [6, 6.07) is 24.6. The number of para-hydroxylation sites is 1. The lowest BCUT2D eigenvalue weighted by molar-refractivity contribution is 1.11. The smallest absolute Gasteiger partial charge is 0.0547 e. The Balaban J connectivity index is 1.80. The van der Waals surface area contributed by atoms with E-state index in [4.69, 9.17) is 0 Å². The van der Waals surface area contributed by atoms with Crippen molar-refractivity contribution >= 4 is 61.1 Å². The van der Waals surface area contributed by atoms with E-state index in [0.29, 0.717) is 0 Å². The maximum absolute atomic E-state index is 3.63. The van der Waals surface area contributed by atoms with Gasteiger partial charge in [0.25, 0.3) is 0 Å². The first-order valence-electron chi connectivity index (χ1n) is 9.95. The first-order valence-corrected chi connectivity index (χ1v) is 9.95. The van der Waals surface area contributed by atoms with Crippen LogP contribution in [-0.4, -0.2) is 9.38 Å². The van der Waals surface area contributed by atoms with Crippen LogP contribution in [0.4, 0.5) is 0 Å². The Kier molecular flexibility index (Phi) is 2.62. The predicted octanol–water partition coefficient (Wildman–Crippen LogP) is 5.24. The molecule has 0 saturated heterocycles. The highest BCUT2D eigenvalue weighted by Gasteiger charge is 2.13. The van der Waals surface area contributed by atoms with Gasteiger partial charge in [0.15, 0.2) is 0 Å². The van der Waals surface area contributed by atoms with Crippen LogP contribution in [0.3, 0.4) is 0 Å². The molecular weight excluding hydrogens is 340 g/mol. The molecule has 3 aromatic carbocycles. The monoisotopic (exact) mass is 358 g/mol. The number of H-pyrrole nitrogens is 1. The topological polar surface area (TPSA) is 20.2 Å². The van der Waals surface area contributed by atoms with E-state index in [9.17, 15) is 0 Å². The maximum atomic E-state index is 3.63. The second-order valence-corrected chi connectivity index (χ2v) is 7.82. The van der Waals surface area contributed by atoms with Crippen molar-refractivity contribution in [2.75, 3.05) is 0 Å². The van der Waals surface area contributed by atoms with Crippen molar-refractivity contribution in [1.82, 2.24) is 9.38 Å². The Bertz CT molecular complexity index is 1710. The van der Waals surface area contributed by atoms with Crippen LogP contribution in [0.5, 0.6) is 0 Å². The number of hydrogen-bond donors (Lipinski definition) is 1. The zero-order valence-electron chi connectivity index (χ0n) is 15.4. The molecule has 132 valence electrons. The molecule has 28 heavy (non-hydrogen) atoms. The van der Waals surface area contributed by atoms with Gasteiger partial charge in [-0.1, -0.05) is 54.6 Å². The minimum Gasteiger partial charge on any atom is -0.355 e. The van der Waals surface area contributed by atoms with Crippen LogP contribution >= 0.6 is 0 Å². The first-order chi connectivity index (χ1) is 13.9. The number of rotatable bonds is 0. The number of aromatic nitrogens is 2. The standard InChI is InChI=1S/C26H18N2/c1-2-10-20-17(7-1)19-9-4-6-12-24(19)28-25-15-21-18-8-3-5-11-22(18)27-23(21)13-16(25)14-26(20)28/h1-2,4,6-15,27H,3,5H2. The molecule has 6 aromatic rings. The summed E-state index contributed by atoms with van der Waals surface area (Å²) in [5.74, 6) is 0. The van der Waals surface area contributed by atoms with E-state index in [2.05, 4.69) is 88.3 Å². The van der Waals surface area contributed by atoms with Crippen molar-refractivity contribution in [3.63, 3.8) is 0 Å². The van der Waals surface area contributed by atoms with Gasteiger partial charge in [0.2, 0.25) is 0 Å². The van der Waals surface area contributed by atoms with Crippen LogP contribution in [0.15, 0.2) is 66.7 Å². The summed E-state index contributed by atoms with van der Waals surface area (Å²) in [4.78, 5) is 3.63. The number of hydrogen-bond acceptors (Lipinski definition) is 0. The van der Waals surface area contributed by atoms with E-state index >= 15 is 0 Å². The van der Waals surface area contributed by atoms with Crippen LogP contribution in [0.2, 0.25) is 0 Å². The molecule has 7 rings (SSSR count). The number of benzene rings is 3. The van der Waals surface area contributed by atoms with E-state index in [1.54, 1.807) is 0 Å². The van der Waals surface area contributed by atoms with Crippen molar-refractivity contribution in [2.45, 2.75) is 12.8 Å². The molecule has 2 nitrogen and oxygen atoms in total. The molecule has 2 heteroatoms. The molecule has 3 heterocycles. The fourth-order valence-electron chi connectivity index (χ4n) is 5.07. The van der Waals surface area contributed by atoms with E-state index < -0.39 is 0 Å². The molecule has 0 spiro atoms. The minimum atomic E-state index is 1.12. The molecule has 0 aliphatic heterocycles. The molecule has 0 amide bonds. The average Bonchev–Trinajstić information content (AvgIpc) is 3.30. The summed E-state index contributed by atoms with van der Waals surface area (Å²) in [5.41, 5.74) is 5.06. The normalized spacial score (nSPS) is 14.0. The molecule has 0 atom stereocenters. The Labute approximate surface area is 161 Å². The number of pyridine rings is 1. The van der Waals surface area contributed by atoms with E-state index in [0.717, 1.165) is 12.8 Å². The minimum absolute atomic E-state index is 1.12. The molecule has 0 radical (unpaired) electrons. The summed E-state index contributed by atoms with van der Waals surface area (Å²) in [6.07, 6.45) is 6.96. The molecule has 0 saturated carbocycles. The Morgan fingerprint density at radius 2 is 1.39 bits per heavy atom. The van der Waals surface area contributed by atoms with E-state index in [-0.39, 0.29) is 0 Å². The SMILES string of the molecule is C1=c2[nH]c3cc4cc5c6ccccc6c6ccccc6n5c4cc3c2=CCC1. The van der Waals surface area contributed by atoms with Gasteiger partial charge in [-0.05, 0) is 42.5 Å². The lowest BCUT2D eigenvalue weighted by Crippen LogP contribution is -2.24. The molecule has 1 aliphatic rings. The lowest BCUT2D eigenvalue weighted by atomic mass is 10.1. The highest BCUT2D eigenvalue weighted by Crippen LogP contribution is 2.34. The Morgan fingerprint density at radius 1 is 0.643 bits per heavy atom. The summed E-state index contributed by atoms with van der Waals surface area (Å²) < 4.78 is 2.44. The van der Waals surface area contributed by atoms with Crippen LogP contribution in [0, 0.1) is 0 Å². The highest BCUT2D eigenvalue weighted by molar-refractivity contribution is 6.16. The number of nitrogens with zero attached hydrogens (tertiary/aromatic N) is 1. The fraction of sp³-hybridized carbons (Fsp3) is 0.0769. The Hall–Kier alpha value is -3.52. The van der Waals surface area contributed by atoms with Crippen LogP contribution in [0.25, 0.3) is 61.1 Å². The van der Waals surface area contributed by atoms with Gasteiger partial charge >= 0.3 is 0 Å². The van der Waals surface area contributed by atoms with Gasteiger partial charge in [-0.15, -0.1) is 0 Å².